The van der Waals surface area contributed by atoms with Gasteiger partial charge in [-0.15, -0.1) is 0 Å². The number of hydrogen-bond donors (Lipinski definition) is 2. The highest BCUT2D eigenvalue weighted by Gasteiger charge is 2.34. The van der Waals surface area contributed by atoms with Crippen molar-refractivity contribution in [3.05, 3.63) is 42.2 Å². The molecule has 0 atom stereocenters. The lowest BCUT2D eigenvalue weighted by Gasteiger charge is -2.30. The molecule has 0 spiro atoms. The molecule has 5 heterocycles. The predicted molar refractivity (Wildman–Crippen MR) is 114 cm³/mol. The fraction of sp³-hybridized carbons (Fsp3) is 0.318. The number of rotatable bonds is 3. The summed E-state index contributed by atoms with van der Waals surface area (Å²) < 4.78 is 17.7. The van der Waals surface area contributed by atoms with Gasteiger partial charge in [0.2, 0.25) is 12.7 Å². The summed E-state index contributed by atoms with van der Waals surface area (Å²) in [5.41, 5.74) is 0.358. The van der Waals surface area contributed by atoms with Crippen LogP contribution < -0.4 is 19.7 Å². The topological polar surface area (TPSA) is 107 Å². The number of ether oxygens (including phenoxy) is 3. The minimum Gasteiger partial charge on any atom is -0.454 e. The highest BCUT2D eigenvalue weighted by Crippen LogP contribution is 2.35. The van der Waals surface area contributed by atoms with Crippen molar-refractivity contribution in [2.24, 2.45) is 0 Å². The van der Waals surface area contributed by atoms with Gasteiger partial charge in [0.15, 0.2) is 17.1 Å². The second-order valence-corrected chi connectivity index (χ2v) is 7.82. The predicted octanol–water partition coefficient (Wildman–Crippen LogP) is 1.80. The van der Waals surface area contributed by atoms with E-state index in [1.54, 1.807) is 6.20 Å². The van der Waals surface area contributed by atoms with Gasteiger partial charge in [0.05, 0.1) is 13.2 Å². The van der Waals surface area contributed by atoms with Crippen molar-refractivity contribution in [1.29, 1.82) is 0 Å². The van der Waals surface area contributed by atoms with Crippen LogP contribution in [0.5, 0.6) is 11.5 Å². The van der Waals surface area contributed by atoms with E-state index in [0.717, 1.165) is 42.6 Å². The summed E-state index contributed by atoms with van der Waals surface area (Å²) in [6.45, 7) is 2.30. The van der Waals surface area contributed by atoms with Gasteiger partial charge in [-0.3, -0.25) is 0 Å². The zero-order valence-electron chi connectivity index (χ0n) is 17.1. The van der Waals surface area contributed by atoms with Crippen molar-refractivity contribution >= 4 is 23.3 Å². The lowest BCUT2D eigenvalue weighted by Crippen LogP contribution is -2.48. The Kier molecular flexibility index (Phi) is 4.38. The van der Waals surface area contributed by atoms with Gasteiger partial charge in [0.1, 0.15) is 17.3 Å². The minimum absolute atomic E-state index is 0.229. The Morgan fingerprint density at radius 3 is 2.88 bits per heavy atom. The van der Waals surface area contributed by atoms with Gasteiger partial charge in [-0.25, -0.2) is 9.67 Å². The van der Waals surface area contributed by atoms with Crippen LogP contribution >= 0.6 is 0 Å². The van der Waals surface area contributed by atoms with E-state index < -0.39 is 5.60 Å². The van der Waals surface area contributed by atoms with Crippen LogP contribution in [0.25, 0.3) is 0 Å². The first kappa shape index (κ1) is 18.9. The number of benzene rings is 1. The number of nitrogens with one attached hydrogen (secondary N) is 1. The Bertz CT molecular complexity index is 1240. The van der Waals surface area contributed by atoms with Gasteiger partial charge in [-0.05, 0) is 30.5 Å². The maximum Gasteiger partial charge on any atom is 0.231 e. The van der Waals surface area contributed by atoms with E-state index in [2.05, 4.69) is 32.1 Å². The molecule has 1 saturated heterocycles. The molecule has 0 bridgehead atoms. The summed E-state index contributed by atoms with van der Waals surface area (Å²) in [7, 11) is 0. The third kappa shape index (κ3) is 3.47. The second kappa shape index (κ2) is 7.40. The fourth-order valence-electron chi connectivity index (χ4n) is 3.79. The van der Waals surface area contributed by atoms with E-state index in [1.807, 2.05) is 35.0 Å². The van der Waals surface area contributed by atoms with Crippen molar-refractivity contribution in [3.63, 3.8) is 0 Å². The first-order valence-corrected chi connectivity index (χ1v) is 10.3. The molecule has 0 unspecified atom stereocenters. The van der Waals surface area contributed by atoms with Crippen LogP contribution in [0.15, 0.2) is 36.5 Å². The van der Waals surface area contributed by atoms with Crippen LogP contribution in [0.2, 0.25) is 0 Å². The molecule has 0 amide bonds. The number of aromatic nitrogens is 4. The van der Waals surface area contributed by atoms with Crippen LogP contribution in [0, 0.1) is 11.8 Å². The number of nitrogens with zero attached hydrogens (tertiary/aromatic N) is 5. The Labute approximate surface area is 183 Å². The van der Waals surface area contributed by atoms with Crippen LogP contribution in [0.4, 0.5) is 23.3 Å². The summed E-state index contributed by atoms with van der Waals surface area (Å²) in [6, 6.07) is 9.40. The van der Waals surface area contributed by atoms with Crippen LogP contribution in [-0.2, 0) is 11.3 Å². The molecule has 3 aliphatic heterocycles. The molecule has 10 nitrogen and oxygen atoms in total. The van der Waals surface area contributed by atoms with Gasteiger partial charge in [-0.1, -0.05) is 5.92 Å². The summed E-state index contributed by atoms with van der Waals surface area (Å²) >= 11 is 0. The summed E-state index contributed by atoms with van der Waals surface area (Å²) in [4.78, 5) is 11.1. The quantitative estimate of drug-likeness (QED) is 0.599. The van der Waals surface area contributed by atoms with Gasteiger partial charge in [0.25, 0.3) is 0 Å². The average Bonchev–Trinajstić information content (AvgIpc) is 3.42. The molecule has 32 heavy (non-hydrogen) atoms. The number of anilines is 4. The maximum absolute atomic E-state index is 10.1. The molecular formula is C22H20N6O4. The first-order chi connectivity index (χ1) is 15.7. The molecule has 2 aromatic heterocycles. The second-order valence-electron chi connectivity index (χ2n) is 7.82. The van der Waals surface area contributed by atoms with Crippen LogP contribution in [0.1, 0.15) is 12.1 Å². The highest BCUT2D eigenvalue weighted by molar-refractivity contribution is 5.63. The summed E-state index contributed by atoms with van der Waals surface area (Å²) in [5.74, 6) is 9.40. The standard InChI is InChI=1S/C22H20N6O4/c29-22(12-30-13-22)6-4-16-11-20-27(8-1-9-28(20)26-16)19-5-7-23-21(25-19)24-15-2-3-17-18(10-15)32-14-31-17/h2-3,5,7,10-11,29H,1,8-9,12-14H2,(H,23,24,25). The molecule has 162 valence electrons. The van der Waals surface area contributed by atoms with E-state index >= 15 is 0 Å². The largest absolute Gasteiger partial charge is 0.454 e. The van der Waals surface area contributed by atoms with Crippen molar-refractivity contribution < 1.29 is 19.3 Å². The van der Waals surface area contributed by atoms with Crippen molar-refractivity contribution in [1.82, 2.24) is 19.7 Å². The van der Waals surface area contributed by atoms with Crippen molar-refractivity contribution in [2.75, 3.05) is 36.8 Å². The van der Waals surface area contributed by atoms with Gasteiger partial charge >= 0.3 is 0 Å². The minimum atomic E-state index is -1.06. The van der Waals surface area contributed by atoms with Crippen molar-refractivity contribution in [3.8, 4) is 23.3 Å². The molecule has 6 rings (SSSR count). The molecular weight excluding hydrogens is 412 g/mol. The maximum atomic E-state index is 10.1. The van der Waals surface area contributed by atoms with E-state index in [0.29, 0.717) is 17.4 Å². The van der Waals surface area contributed by atoms with Gasteiger partial charge in [0, 0.05) is 37.1 Å². The number of aliphatic hydroxyl groups is 1. The average molecular weight is 432 g/mol. The van der Waals surface area contributed by atoms with Gasteiger partial charge < -0.3 is 29.5 Å². The lowest BCUT2D eigenvalue weighted by atomic mass is 10.0. The first-order valence-electron chi connectivity index (χ1n) is 10.3. The molecule has 0 aliphatic carbocycles. The highest BCUT2D eigenvalue weighted by atomic mass is 16.7. The van der Waals surface area contributed by atoms with Crippen LogP contribution in [-0.4, -0.2) is 57.0 Å². The Morgan fingerprint density at radius 2 is 2.00 bits per heavy atom. The molecule has 2 N–H and O–H groups in total. The monoisotopic (exact) mass is 432 g/mol. The zero-order chi connectivity index (χ0) is 21.5. The van der Waals surface area contributed by atoms with E-state index in [-0.39, 0.29) is 20.0 Å². The van der Waals surface area contributed by atoms with E-state index in [1.165, 1.54) is 0 Å². The summed E-state index contributed by atoms with van der Waals surface area (Å²) in [5, 5.41) is 17.9. The molecule has 10 heteroatoms. The molecule has 0 radical (unpaired) electrons. The fourth-order valence-corrected chi connectivity index (χ4v) is 3.79. The third-order valence-corrected chi connectivity index (χ3v) is 5.44. The molecule has 1 aromatic carbocycles. The number of fused-ring (bicyclic) bond motifs is 2. The zero-order valence-corrected chi connectivity index (χ0v) is 17.1. The molecule has 0 saturated carbocycles. The number of aryl methyl sites for hydroxylation is 1. The van der Waals surface area contributed by atoms with E-state index in [4.69, 9.17) is 19.2 Å². The SMILES string of the molecule is OC1(C#Cc2cc3n(n2)CCCN3c2ccnc(Nc3ccc4c(c3)OCO4)n2)COC1. The van der Waals surface area contributed by atoms with Crippen molar-refractivity contribution in [2.45, 2.75) is 18.6 Å². The molecule has 3 aliphatic rings. The lowest BCUT2D eigenvalue weighted by molar-refractivity contribution is -0.140. The van der Waals surface area contributed by atoms with E-state index in [9.17, 15) is 5.11 Å². The molecule has 1 fully saturated rings. The van der Waals surface area contributed by atoms with Crippen LogP contribution in [0.3, 0.4) is 0 Å². The van der Waals surface area contributed by atoms with Gasteiger partial charge in [-0.2, -0.15) is 10.1 Å². The normalized spacial score (nSPS) is 17.7. The molecule has 3 aromatic rings. The Morgan fingerprint density at radius 1 is 1.09 bits per heavy atom. The Hall–Kier alpha value is -3.81. The smallest absolute Gasteiger partial charge is 0.231 e. The summed E-state index contributed by atoms with van der Waals surface area (Å²) in [6.07, 6.45) is 2.65. The number of hydrogen-bond acceptors (Lipinski definition) is 9. The Balaban J connectivity index is 1.25. The third-order valence-electron chi connectivity index (χ3n) is 5.44.